The average Bonchev–Trinajstić information content (AvgIpc) is 1.00. The summed E-state index contributed by atoms with van der Waals surface area (Å²) in [4.78, 5) is 0. The Morgan fingerprint density at radius 2 is 1.25 bits per heavy atom. The van der Waals surface area contributed by atoms with Crippen molar-refractivity contribution in [1.82, 2.24) is 0 Å². The van der Waals surface area contributed by atoms with Crippen LogP contribution in [0.25, 0.3) is 0 Å². The first-order valence-electron chi connectivity index (χ1n) is 0.204. The molecule has 0 aromatic carbocycles. The second kappa shape index (κ2) is 20.4. The van der Waals surface area contributed by atoms with E-state index in [1.807, 2.05) is 0 Å². The van der Waals surface area contributed by atoms with Crippen LogP contribution in [-0.4, -0.2) is 22.5 Å². The van der Waals surface area contributed by atoms with Crippen LogP contribution < -0.4 is 0 Å². The minimum atomic E-state index is 0. The molecule has 0 aliphatic rings. The molecule has 0 heterocycles. The van der Waals surface area contributed by atoms with Crippen molar-refractivity contribution < 1.29 is 44.3 Å². The molecule has 0 aromatic heterocycles. The normalized spacial score (nSPS) is 1.00. The fraction of sp³-hybridized carbons (Fsp3) is 0. The van der Waals surface area contributed by atoms with E-state index in [0.717, 1.165) is 0 Å². The molecule has 0 N–H and O–H groups in total. The predicted octanol–water partition coefficient (Wildman–Crippen LogP) is -0.505. The number of rotatable bonds is 0. The third-order valence-electron chi connectivity index (χ3n) is 0. The van der Waals surface area contributed by atoms with Gasteiger partial charge in [-0.3, -0.25) is 0 Å². The van der Waals surface area contributed by atoms with Crippen LogP contribution in [0.5, 0.6) is 0 Å². The van der Waals surface area contributed by atoms with Crippen LogP contribution in [0, 0.1) is 0 Å². The summed E-state index contributed by atoms with van der Waals surface area (Å²) in [7, 11) is 0. The third kappa shape index (κ3) is 9.05. The summed E-state index contributed by atoms with van der Waals surface area (Å²) < 4.78 is 8.34. The summed E-state index contributed by atoms with van der Waals surface area (Å²) in [5.74, 6) is 0. The Hall–Kier alpha value is 1.94. The Labute approximate surface area is 66.0 Å². The molecule has 0 rings (SSSR count). The number of hydrogen-bond donors (Lipinski definition) is 0. The molecule has 0 bridgehead atoms. The summed E-state index contributed by atoms with van der Waals surface area (Å²) in [6.07, 6.45) is 0. The van der Waals surface area contributed by atoms with Gasteiger partial charge in [0.15, 0.2) is 0 Å². The van der Waals surface area contributed by atoms with Crippen molar-refractivity contribution in [1.29, 1.82) is 0 Å². The van der Waals surface area contributed by atoms with Gasteiger partial charge in [0.1, 0.15) is 0 Å². The van der Waals surface area contributed by atoms with E-state index in [2.05, 4.69) is 0 Å². The van der Waals surface area contributed by atoms with Gasteiger partial charge >= 0.3 is 25.6 Å². The van der Waals surface area contributed by atoms with E-state index in [1.165, 1.54) is 0 Å². The Bertz CT molecular complexity index is 8.00. The van der Waals surface area contributed by atoms with Gasteiger partial charge in [0.2, 0.25) is 0 Å². The molecule has 0 saturated heterocycles. The van der Waals surface area contributed by atoms with Crippen LogP contribution >= 0.6 is 0 Å². The maximum absolute atomic E-state index is 8.34. The van der Waals surface area contributed by atoms with Crippen molar-refractivity contribution in [3.8, 4) is 0 Å². The molecule has 0 atom stereocenters. The Balaban J connectivity index is -0.00000000500. The van der Waals surface area contributed by atoms with Crippen molar-refractivity contribution in [3.63, 3.8) is 0 Å². The summed E-state index contributed by atoms with van der Waals surface area (Å²) in [6.45, 7) is 0. The minimum Gasteiger partial charge on any atom is 0 e. The van der Waals surface area contributed by atoms with Gasteiger partial charge in [0.25, 0.3) is 0 Å². The Morgan fingerprint density at radius 1 is 1.25 bits per heavy atom. The van der Waals surface area contributed by atoms with Crippen molar-refractivity contribution >= 4 is 22.5 Å². The molecule has 0 spiro atoms. The van der Waals surface area contributed by atoms with Crippen molar-refractivity contribution in [2.24, 2.45) is 0 Å². The predicted molar refractivity (Wildman–Crippen MR) is 6.44 cm³/mol. The molecule has 1 nitrogen and oxygen atoms in total. The van der Waals surface area contributed by atoms with Gasteiger partial charge in [-0.1, -0.05) is 0 Å². The minimum absolute atomic E-state index is 0. The van der Waals surface area contributed by atoms with Crippen LogP contribution in [0.2, 0.25) is 0 Å². The number of hydrogen-bond acceptors (Lipinski definition) is 1. The second-order valence-electron chi connectivity index (χ2n) is 0. The SMILES string of the molecule is [O]=[Sn].[Ru].[Ti]. The van der Waals surface area contributed by atoms with E-state index in [0.29, 0.717) is 22.5 Å². The van der Waals surface area contributed by atoms with Gasteiger partial charge in [-0.05, 0) is 0 Å². The molecule has 0 unspecified atom stereocenters. The van der Waals surface area contributed by atoms with E-state index < -0.39 is 0 Å². The van der Waals surface area contributed by atoms with Crippen LogP contribution in [0.1, 0.15) is 0 Å². The Morgan fingerprint density at radius 3 is 1.25 bits per heavy atom. The van der Waals surface area contributed by atoms with E-state index >= 15 is 0 Å². The molecule has 0 saturated carbocycles. The van der Waals surface area contributed by atoms with Crippen molar-refractivity contribution in [3.05, 3.63) is 0 Å². The maximum atomic E-state index is 8.34. The summed E-state index contributed by atoms with van der Waals surface area (Å²) in [6, 6.07) is 0. The first kappa shape index (κ1) is 16.8. The third-order valence-corrected chi connectivity index (χ3v) is 0. The van der Waals surface area contributed by atoms with Gasteiger partial charge in [0.05, 0.1) is 0 Å². The van der Waals surface area contributed by atoms with Crippen molar-refractivity contribution in [2.45, 2.75) is 0 Å². The van der Waals surface area contributed by atoms with Crippen LogP contribution in [0.3, 0.4) is 0 Å². The first-order chi connectivity index (χ1) is 1.00. The summed E-state index contributed by atoms with van der Waals surface area (Å²) >= 11 is 0.300. The molecule has 0 fully saturated rings. The van der Waals surface area contributed by atoms with Crippen LogP contribution in [-0.2, 0) is 44.3 Å². The second-order valence-corrected chi connectivity index (χ2v) is 0. The molecular weight excluding hydrogens is 284 g/mol. The van der Waals surface area contributed by atoms with Crippen LogP contribution in [0.4, 0.5) is 0 Å². The largest absolute Gasteiger partial charge is 0 e. The summed E-state index contributed by atoms with van der Waals surface area (Å²) in [5.41, 5.74) is 0. The zero-order valence-electron chi connectivity index (χ0n) is 1.76. The standard InChI is InChI=1S/O.Ru.Sn.Ti. The zero-order chi connectivity index (χ0) is 2.00. The molecule has 0 aliphatic heterocycles. The van der Waals surface area contributed by atoms with E-state index in [9.17, 15) is 0 Å². The molecule has 4 heteroatoms. The maximum Gasteiger partial charge on any atom is 0 e. The molecular formula is ORuSnTi. The first-order valence-corrected chi connectivity index (χ1v) is 1.37. The molecule has 2 radical (unpaired) electrons. The molecule has 0 aromatic rings. The van der Waals surface area contributed by atoms with Gasteiger partial charge in [-0.25, -0.2) is 0 Å². The zero-order valence-corrected chi connectivity index (χ0v) is 7.92. The quantitative estimate of drug-likeness (QED) is 0.548. The smallest absolute Gasteiger partial charge is 0 e. The van der Waals surface area contributed by atoms with Crippen LogP contribution in [0.15, 0.2) is 0 Å². The fourth-order valence-corrected chi connectivity index (χ4v) is 0. The average molecular weight is 284 g/mol. The Kier molecular flexibility index (Phi) is 85.6. The van der Waals surface area contributed by atoms with E-state index in [1.54, 1.807) is 0 Å². The molecule has 22 valence electrons. The topological polar surface area (TPSA) is 17.1 Å². The van der Waals surface area contributed by atoms with Gasteiger partial charge in [-0.2, -0.15) is 0 Å². The van der Waals surface area contributed by atoms with Gasteiger partial charge in [0, 0.05) is 41.2 Å². The monoisotopic (exact) mass is 286 g/mol. The van der Waals surface area contributed by atoms with E-state index in [-0.39, 0.29) is 41.2 Å². The van der Waals surface area contributed by atoms with E-state index in [4.69, 9.17) is 3.08 Å². The van der Waals surface area contributed by atoms with Crippen molar-refractivity contribution in [2.75, 3.05) is 0 Å². The molecule has 0 amide bonds. The van der Waals surface area contributed by atoms with Gasteiger partial charge in [-0.15, -0.1) is 0 Å². The fourth-order valence-electron chi connectivity index (χ4n) is 0. The van der Waals surface area contributed by atoms with Gasteiger partial charge < -0.3 is 0 Å². The molecule has 0 aliphatic carbocycles. The summed E-state index contributed by atoms with van der Waals surface area (Å²) in [5, 5.41) is 0. The molecule has 4 heavy (non-hydrogen) atoms.